The van der Waals surface area contributed by atoms with E-state index in [2.05, 4.69) is 41.0 Å². The van der Waals surface area contributed by atoms with Crippen molar-refractivity contribution in [3.63, 3.8) is 0 Å². The van der Waals surface area contributed by atoms with Gasteiger partial charge in [0.15, 0.2) is 11.5 Å². The van der Waals surface area contributed by atoms with Gasteiger partial charge in [0.2, 0.25) is 5.95 Å². The van der Waals surface area contributed by atoms with E-state index in [4.69, 9.17) is 9.97 Å². The molecule has 39 heavy (non-hydrogen) atoms. The number of allylic oxidation sites excluding steroid dienone is 1. The van der Waals surface area contributed by atoms with E-state index in [0.29, 0.717) is 40.8 Å². The fourth-order valence-electron chi connectivity index (χ4n) is 6.20. The number of anilines is 2. The van der Waals surface area contributed by atoms with E-state index in [9.17, 15) is 9.90 Å². The number of hydrogen-bond donors (Lipinski definition) is 2. The number of likely N-dealkylation sites (N-methyl/N-ethyl adjacent to an activating group) is 1. The molecular weight excluding hydrogens is 490 g/mol. The lowest BCUT2D eigenvalue weighted by Crippen LogP contribution is -2.27. The van der Waals surface area contributed by atoms with Crippen LogP contribution in [-0.4, -0.2) is 47.9 Å². The maximum Gasteiger partial charge on any atom is 0.278 e. The fraction of sp³-hybridized carbons (Fsp3) is 0.400. The second kappa shape index (κ2) is 8.86. The van der Waals surface area contributed by atoms with Crippen molar-refractivity contribution in [1.29, 1.82) is 0 Å². The SMILES string of the molecule is C=CCn1c(=O)c2cnc(Nc3cc4c(c(C5CC5)c3)CCN(C)C4)nc2n1-c1ccc2c(n1)[C@](C)(O)CC2. The predicted octanol–water partition coefficient (Wildman–Crippen LogP) is 3.93. The summed E-state index contributed by atoms with van der Waals surface area (Å²) in [6.07, 6.45) is 8.24. The number of pyridine rings is 1. The molecule has 0 spiro atoms. The Morgan fingerprint density at radius 2 is 2.05 bits per heavy atom. The van der Waals surface area contributed by atoms with Crippen LogP contribution in [0.4, 0.5) is 11.6 Å². The van der Waals surface area contributed by atoms with Gasteiger partial charge in [0.05, 0.1) is 12.2 Å². The molecule has 0 bridgehead atoms. The van der Waals surface area contributed by atoms with Crippen LogP contribution in [-0.2, 0) is 31.5 Å². The first-order chi connectivity index (χ1) is 18.8. The quantitative estimate of drug-likeness (QED) is 0.370. The molecule has 1 aliphatic heterocycles. The maximum absolute atomic E-state index is 13.4. The number of aliphatic hydroxyl groups is 1. The topological polar surface area (TPSA) is 101 Å². The van der Waals surface area contributed by atoms with Crippen LogP contribution in [0, 0.1) is 0 Å². The maximum atomic E-state index is 13.4. The Kier molecular flexibility index (Phi) is 5.50. The van der Waals surface area contributed by atoms with Crippen molar-refractivity contribution in [2.45, 2.75) is 63.6 Å². The van der Waals surface area contributed by atoms with Crippen LogP contribution in [0.25, 0.3) is 16.9 Å². The molecule has 0 saturated heterocycles. The molecule has 3 aromatic heterocycles. The molecule has 9 heteroatoms. The van der Waals surface area contributed by atoms with Crippen molar-refractivity contribution in [3.05, 3.63) is 81.4 Å². The van der Waals surface area contributed by atoms with E-state index in [-0.39, 0.29) is 12.1 Å². The summed E-state index contributed by atoms with van der Waals surface area (Å²) in [5.74, 6) is 1.60. The lowest BCUT2D eigenvalue weighted by Gasteiger charge is -2.28. The molecule has 4 heterocycles. The molecule has 7 rings (SSSR count). The highest BCUT2D eigenvalue weighted by atomic mass is 16.3. The van der Waals surface area contributed by atoms with Crippen LogP contribution >= 0.6 is 0 Å². The molecule has 1 fully saturated rings. The molecule has 0 radical (unpaired) electrons. The largest absolute Gasteiger partial charge is 0.384 e. The molecule has 2 N–H and O–H groups in total. The number of hydrogen-bond acceptors (Lipinski definition) is 7. The van der Waals surface area contributed by atoms with Crippen LogP contribution in [0.5, 0.6) is 0 Å². The summed E-state index contributed by atoms with van der Waals surface area (Å²) in [5.41, 5.74) is 6.22. The third-order valence-electron chi connectivity index (χ3n) is 8.38. The number of aromatic nitrogens is 5. The standard InChI is InChI=1S/C30H33N7O2/c1-4-12-36-28(38)24-16-31-29(32-21-14-20-17-35(3)13-10-22(20)23(15-21)18-5-6-18)34-27(24)37(36)25-8-7-19-9-11-30(2,39)26(19)33-25/h4,7-8,14-16,18,39H,1,5-6,9-13,17H2,2-3H3,(H,31,32,34)/t30-/m1/s1. The minimum absolute atomic E-state index is 0.210. The third kappa shape index (κ3) is 4.08. The Morgan fingerprint density at radius 3 is 2.85 bits per heavy atom. The molecule has 1 saturated carbocycles. The van der Waals surface area contributed by atoms with E-state index in [0.717, 1.165) is 37.2 Å². The average Bonchev–Trinajstić information content (AvgIpc) is 3.67. The van der Waals surface area contributed by atoms with Crippen molar-refractivity contribution < 1.29 is 5.11 Å². The van der Waals surface area contributed by atoms with Crippen LogP contribution in [0.1, 0.15) is 60.1 Å². The van der Waals surface area contributed by atoms with Crippen molar-refractivity contribution >= 4 is 22.7 Å². The highest BCUT2D eigenvalue weighted by molar-refractivity contribution is 5.77. The molecule has 9 nitrogen and oxygen atoms in total. The van der Waals surface area contributed by atoms with Gasteiger partial charge in [-0.25, -0.2) is 19.3 Å². The predicted molar refractivity (Wildman–Crippen MR) is 151 cm³/mol. The normalized spacial score (nSPS) is 20.7. The molecule has 1 aromatic carbocycles. The van der Waals surface area contributed by atoms with Gasteiger partial charge in [-0.05, 0) is 92.4 Å². The summed E-state index contributed by atoms with van der Waals surface area (Å²) in [6, 6.07) is 8.34. The molecule has 1 atom stereocenters. The number of nitrogens with zero attached hydrogens (tertiary/aromatic N) is 6. The molecule has 4 aromatic rings. The van der Waals surface area contributed by atoms with Crippen molar-refractivity contribution in [2.75, 3.05) is 18.9 Å². The highest BCUT2D eigenvalue weighted by Gasteiger charge is 2.34. The lowest BCUT2D eigenvalue weighted by molar-refractivity contribution is 0.0553. The summed E-state index contributed by atoms with van der Waals surface area (Å²) in [7, 11) is 2.16. The zero-order valence-electron chi connectivity index (χ0n) is 22.4. The Balaban J connectivity index is 1.34. The third-order valence-corrected chi connectivity index (χ3v) is 8.38. The van der Waals surface area contributed by atoms with E-state index in [1.807, 2.05) is 12.1 Å². The Labute approximate surface area is 226 Å². The van der Waals surface area contributed by atoms with Crippen LogP contribution in [0.15, 0.2) is 47.9 Å². The second-order valence-electron chi connectivity index (χ2n) is 11.5. The van der Waals surface area contributed by atoms with Gasteiger partial charge < -0.3 is 15.3 Å². The van der Waals surface area contributed by atoms with E-state index in [1.165, 1.54) is 29.5 Å². The van der Waals surface area contributed by atoms with Gasteiger partial charge >= 0.3 is 0 Å². The van der Waals surface area contributed by atoms with E-state index in [1.54, 1.807) is 28.6 Å². The van der Waals surface area contributed by atoms with Crippen LogP contribution in [0.2, 0.25) is 0 Å². The van der Waals surface area contributed by atoms with E-state index < -0.39 is 5.60 Å². The first-order valence-electron chi connectivity index (χ1n) is 13.8. The zero-order chi connectivity index (χ0) is 26.9. The summed E-state index contributed by atoms with van der Waals surface area (Å²) < 4.78 is 3.28. The first-order valence-corrected chi connectivity index (χ1v) is 13.8. The number of rotatable bonds is 6. The number of benzene rings is 1. The fourth-order valence-corrected chi connectivity index (χ4v) is 6.20. The summed E-state index contributed by atoms with van der Waals surface area (Å²) in [6.45, 7) is 7.94. The summed E-state index contributed by atoms with van der Waals surface area (Å²) in [4.78, 5) is 29.9. The van der Waals surface area contributed by atoms with Gasteiger partial charge in [0.25, 0.3) is 5.56 Å². The minimum Gasteiger partial charge on any atom is -0.384 e. The minimum atomic E-state index is -1.00. The van der Waals surface area contributed by atoms with Crippen molar-refractivity contribution in [3.8, 4) is 5.82 Å². The van der Waals surface area contributed by atoms with Gasteiger partial charge in [0.1, 0.15) is 11.0 Å². The van der Waals surface area contributed by atoms with Crippen LogP contribution < -0.4 is 10.9 Å². The Bertz CT molecular complexity index is 1700. The molecule has 2 aliphatic carbocycles. The number of nitrogens with one attached hydrogen (secondary N) is 1. The summed E-state index contributed by atoms with van der Waals surface area (Å²) >= 11 is 0. The van der Waals surface area contributed by atoms with Crippen molar-refractivity contribution in [2.24, 2.45) is 0 Å². The molecule has 0 amide bonds. The molecular formula is C30H33N7O2. The first kappa shape index (κ1) is 24.2. The highest BCUT2D eigenvalue weighted by Crippen LogP contribution is 2.44. The number of fused-ring (bicyclic) bond motifs is 3. The molecule has 200 valence electrons. The average molecular weight is 524 g/mol. The van der Waals surface area contributed by atoms with Gasteiger partial charge in [-0.1, -0.05) is 12.1 Å². The smallest absolute Gasteiger partial charge is 0.278 e. The Hall–Kier alpha value is -3.82. The molecule has 0 unspecified atom stereocenters. The molecule has 3 aliphatic rings. The monoisotopic (exact) mass is 523 g/mol. The van der Waals surface area contributed by atoms with Gasteiger partial charge in [-0.3, -0.25) is 4.79 Å². The van der Waals surface area contributed by atoms with Crippen LogP contribution in [0.3, 0.4) is 0 Å². The zero-order valence-corrected chi connectivity index (χ0v) is 22.4. The van der Waals surface area contributed by atoms with Gasteiger partial charge in [-0.2, -0.15) is 4.98 Å². The van der Waals surface area contributed by atoms with E-state index >= 15 is 0 Å². The lowest BCUT2D eigenvalue weighted by atomic mass is 9.91. The number of aryl methyl sites for hydroxylation is 1. The van der Waals surface area contributed by atoms with Crippen molar-refractivity contribution in [1.82, 2.24) is 29.2 Å². The Morgan fingerprint density at radius 1 is 1.21 bits per heavy atom. The van der Waals surface area contributed by atoms with Gasteiger partial charge in [0, 0.05) is 25.0 Å². The summed E-state index contributed by atoms with van der Waals surface area (Å²) in [5, 5.41) is 14.7. The second-order valence-corrected chi connectivity index (χ2v) is 11.5. The van der Waals surface area contributed by atoms with Gasteiger partial charge in [-0.15, -0.1) is 6.58 Å².